The van der Waals surface area contributed by atoms with Crippen LogP contribution in [0.25, 0.3) is 0 Å². The molecule has 2 aromatic carbocycles. The lowest BCUT2D eigenvalue weighted by Crippen LogP contribution is -2.20. The summed E-state index contributed by atoms with van der Waals surface area (Å²) >= 11 is 0. The number of nitrogens with two attached hydrogens (primary N) is 1. The number of anilines is 1. The summed E-state index contributed by atoms with van der Waals surface area (Å²) in [5.74, 6) is 0.149. The Morgan fingerprint density at radius 3 is 2.86 bits per heavy atom. The van der Waals surface area contributed by atoms with Gasteiger partial charge in [-0.15, -0.1) is 0 Å². The van der Waals surface area contributed by atoms with E-state index in [0.29, 0.717) is 0 Å². The zero-order valence-corrected chi connectivity index (χ0v) is 12.1. The van der Waals surface area contributed by atoms with E-state index in [4.69, 9.17) is 10.9 Å². The molecule has 3 rings (SSSR count). The molecule has 0 saturated heterocycles. The number of fused-ring (bicyclic) bond motifs is 1. The maximum Gasteiger partial charge on any atom is 0.170 e. The molecule has 0 fully saturated rings. The summed E-state index contributed by atoms with van der Waals surface area (Å²) in [6.07, 6.45) is 1.11. The van der Waals surface area contributed by atoms with E-state index in [9.17, 15) is 0 Å². The number of oxime groups is 1. The van der Waals surface area contributed by atoms with Crippen LogP contribution in [0, 0.1) is 6.92 Å². The molecule has 1 heterocycles. The second kappa shape index (κ2) is 5.48. The quantitative estimate of drug-likeness (QED) is 0.393. The van der Waals surface area contributed by atoms with E-state index in [1.165, 1.54) is 16.8 Å². The third kappa shape index (κ3) is 2.57. The fraction of sp³-hybridized carbons (Fsp3) is 0.235. The van der Waals surface area contributed by atoms with Crippen LogP contribution in [0.5, 0.6) is 0 Å². The van der Waals surface area contributed by atoms with Crippen molar-refractivity contribution in [3.8, 4) is 0 Å². The minimum Gasteiger partial charge on any atom is -0.409 e. The summed E-state index contributed by atoms with van der Waals surface area (Å²) in [7, 11) is 0. The Morgan fingerprint density at radius 1 is 1.29 bits per heavy atom. The minimum atomic E-state index is 0.149. The van der Waals surface area contributed by atoms with Gasteiger partial charge < -0.3 is 15.8 Å². The first-order valence-electron chi connectivity index (χ1n) is 7.09. The summed E-state index contributed by atoms with van der Waals surface area (Å²) in [5.41, 5.74) is 11.6. The first kappa shape index (κ1) is 13.5. The number of aryl methyl sites for hydroxylation is 1. The van der Waals surface area contributed by atoms with Crippen molar-refractivity contribution >= 4 is 11.5 Å². The molecule has 0 atom stereocenters. The third-order valence-corrected chi connectivity index (χ3v) is 4.09. The van der Waals surface area contributed by atoms with E-state index < -0.39 is 0 Å². The molecule has 4 nitrogen and oxygen atoms in total. The second-order valence-corrected chi connectivity index (χ2v) is 5.43. The Labute approximate surface area is 124 Å². The summed E-state index contributed by atoms with van der Waals surface area (Å²) in [4.78, 5) is 2.40. The molecule has 0 radical (unpaired) electrons. The molecular weight excluding hydrogens is 262 g/mol. The van der Waals surface area contributed by atoms with Crippen molar-refractivity contribution < 1.29 is 5.21 Å². The summed E-state index contributed by atoms with van der Waals surface area (Å²) in [5, 5.41) is 11.8. The minimum absolute atomic E-state index is 0.149. The Morgan fingerprint density at radius 2 is 2.10 bits per heavy atom. The topological polar surface area (TPSA) is 61.9 Å². The number of para-hydroxylation sites is 1. The predicted molar refractivity (Wildman–Crippen MR) is 84.9 cm³/mol. The van der Waals surface area contributed by atoms with Gasteiger partial charge in [-0.1, -0.05) is 35.5 Å². The highest BCUT2D eigenvalue weighted by atomic mass is 16.4. The third-order valence-electron chi connectivity index (χ3n) is 4.09. The van der Waals surface area contributed by atoms with Crippen molar-refractivity contribution in [2.24, 2.45) is 10.9 Å². The number of nitrogens with zero attached hydrogens (tertiary/aromatic N) is 2. The van der Waals surface area contributed by atoms with Gasteiger partial charge in [0.2, 0.25) is 0 Å². The standard InChI is InChI=1S/C17H19N3O/c1-12-10-14(17(18)19-21)6-7-15(12)11-20-9-8-13-4-2-3-5-16(13)20/h2-7,10,21H,8-9,11H2,1H3,(H2,18,19). The summed E-state index contributed by atoms with van der Waals surface area (Å²) in [6, 6.07) is 14.5. The Bertz CT molecular complexity index is 694. The zero-order valence-electron chi connectivity index (χ0n) is 12.1. The van der Waals surface area contributed by atoms with Crippen LogP contribution in [0.4, 0.5) is 5.69 Å². The van der Waals surface area contributed by atoms with Gasteiger partial charge >= 0.3 is 0 Å². The van der Waals surface area contributed by atoms with Gasteiger partial charge in [0.05, 0.1) is 0 Å². The van der Waals surface area contributed by atoms with Crippen LogP contribution in [0.3, 0.4) is 0 Å². The lowest BCUT2D eigenvalue weighted by atomic mass is 10.0. The molecule has 2 aromatic rings. The van der Waals surface area contributed by atoms with Crippen molar-refractivity contribution in [2.45, 2.75) is 19.9 Å². The zero-order chi connectivity index (χ0) is 14.8. The molecule has 0 aliphatic carbocycles. The average molecular weight is 281 g/mol. The molecule has 0 saturated carbocycles. The Balaban J connectivity index is 1.84. The second-order valence-electron chi connectivity index (χ2n) is 5.43. The predicted octanol–water partition coefficient (Wildman–Crippen LogP) is 2.65. The average Bonchev–Trinajstić information content (AvgIpc) is 2.92. The first-order chi connectivity index (χ1) is 10.2. The van der Waals surface area contributed by atoms with Crippen LogP contribution in [0.1, 0.15) is 22.3 Å². The fourth-order valence-corrected chi connectivity index (χ4v) is 2.87. The summed E-state index contributed by atoms with van der Waals surface area (Å²) < 4.78 is 0. The van der Waals surface area contributed by atoms with Gasteiger partial charge in [0.1, 0.15) is 0 Å². The molecule has 3 N–H and O–H groups in total. The highest BCUT2D eigenvalue weighted by Crippen LogP contribution is 2.29. The number of hydrogen-bond acceptors (Lipinski definition) is 3. The van der Waals surface area contributed by atoms with Crippen LogP contribution >= 0.6 is 0 Å². The van der Waals surface area contributed by atoms with Gasteiger partial charge in [0, 0.05) is 24.3 Å². The number of benzene rings is 2. The lowest BCUT2D eigenvalue weighted by Gasteiger charge is -2.21. The normalized spacial score (nSPS) is 14.3. The van der Waals surface area contributed by atoms with Gasteiger partial charge in [-0.25, -0.2) is 0 Å². The number of amidine groups is 1. The molecule has 1 aliphatic rings. The largest absolute Gasteiger partial charge is 0.409 e. The lowest BCUT2D eigenvalue weighted by molar-refractivity contribution is 0.318. The summed E-state index contributed by atoms with van der Waals surface area (Å²) in [6.45, 7) is 4.01. The molecule has 21 heavy (non-hydrogen) atoms. The van der Waals surface area contributed by atoms with Gasteiger partial charge in [-0.2, -0.15) is 0 Å². The highest BCUT2D eigenvalue weighted by Gasteiger charge is 2.18. The smallest absolute Gasteiger partial charge is 0.170 e. The van der Waals surface area contributed by atoms with E-state index in [2.05, 4.69) is 47.3 Å². The van der Waals surface area contributed by atoms with Crippen molar-refractivity contribution in [1.29, 1.82) is 0 Å². The number of hydrogen-bond donors (Lipinski definition) is 2. The van der Waals surface area contributed by atoms with E-state index in [1.54, 1.807) is 0 Å². The molecule has 108 valence electrons. The fourth-order valence-electron chi connectivity index (χ4n) is 2.87. The van der Waals surface area contributed by atoms with Gasteiger partial charge in [-0.05, 0) is 42.2 Å². The molecule has 1 aliphatic heterocycles. The van der Waals surface area contributed by atoms with E-state index in [-0.39, 0.29) is 5.84 Å². The van der Waals surface area contributed by atoms with Gasteiger partial charge in [0.15, 0.2) is 5.84 Å². The van der Waals surface area contributed by atoms with Crippen molar-refractivity contribution in [1.82, 2.24) is 0 Å². The highest BCUT2D eigenvalue weighted by molar-refractivity contribution is 5.97. The van der Waals surface area contributed by atoms with Crippen molar-refractivity contribution in [2.75, 3.05) is 11.4 Å². The molecule has 0 aromatic heterocycles. The van der Waals surface area contributed by atoms with Crippen molar-refractivity contribution in [3.63, 3.8) is 0 Å². The molecule has 0 spiro atoms. The van der Waals surface area contributed by atoms with Crippen LogP contribution in [-0.4, -0.2) is 17.6 Å². The molecule has 4 heteroatoms. The van der Waals surface area contributed by atoms with Gasteiger partial charge in [-0.3, -0.25) is 0 Å². The Kier molecular flexibility index (Phi) is 3.52. The van der Waals surface area contributed by atoms with E-state index in [1.807, 2.05) is 12.1 Å². The molecular formula is C17H19N3O. The Hall–Kier alpha value is -2.49. The maximum absolute atomic E-state index is 8.74. The van der Waals surface area contributed by atoms with Crippen molar-refractivity contribution in [3.05, 3.63) is 64.7 Å². The van der Waals surface area contributed by atoms with E-state index >= 15 is 0 Å². The monoisotopic (exact) mass is 281 g/mol. The molecule has 0 unspecified atom stereocenters. The maximum atomic E-state index is 8.74. The first-order valence-corrected chi connectivity index (χ1v) is 7.09. The van der Waals surface area contributed by atoms with Crippen LogP contribution < -0.4 is 10.6 Å². The molecule has 0 bridgehead atoms. The number of rotatable bonds is 3. The van der Waals surface area contributed by atoms with E-state index in [0.717, 1.165) is 30.6 Å². The molecule has 0 amide bonds. The van der Waals surface area contributed by atoms with Crippen LogP contribution in [0.15, 0.2) is 47.6 Å². The van der Waals surface area contributed by atoms with Crippen LogP contribution in [-0.2, 0) is 13.0 Å². The van der Waals surface area contributed by atoms with Gasteiger partial charge in [0.25, 0.3) is 0 Å². The van der Waals surface area contributed by atoms with Crippen LogP contribution in [0.2, 0.25) is 0 Å². The SMILES string of the molecule is Cc1cc(/C(N)=N/O)ccc1CN1CCc2ccccc21.